The van der Waals surface area contributed by atoms with Crippen molar-refractivity contribution in [1.29, 1.82) is 0 Å². The summed E-state index contributed by atoms with van der Waals surface area (Å²) >= 11 is 0. The van der Waals surface area contributed by atoms with E-state index in [2.05, 4.69) is 15.3 Å². The first-order valence-electron chi connectivity index (χ1n) is 6.68. The van der Waals surface area contributed by atoms with Crippen molar-refractivity contribution in [3.05, 3.63) is 48.0 Å². The van der Waals surface area contributed by atoms with E-state index < -0.39 is 5.97 Å². The van der Waals surface area contributed by atoms with Gasteiger partial charge in [-0.15, -0.1) is 0 Å². The molecular weight excluding hydrogens is 280 g/mol. The second kappa shape index (κ2) is 5.33. The summed E-state index contributed by atoms with van der Waals surface area (Å²) in [4.78, 5) is 19.7. The van der Waals surface area contributed by atoms with E-state index in [1.807, 2.05) is 18.2 Å². The molecule has 3 rings (SSSR count). The Bertz CT molecular complexity index is 877. The first kappa shape index (κ1) is 13.8. The van der Waals surface area contributed by atoms with Crippen LogP contribution in [0.4, 0.5) is 11.8 Å². The first-order chi connectivity index (χ1) is 10.6. The van der Waals surface area contributed by atoms with Gasteiger partial charge in [-0.3, -0.25) is 0 Å². The number of hydrogen-bond acceptors (Lipinski definition) is 5. The van der Waals surface area contributed by atoms with Crippen LogP contribution in [0.5, 0.6) is 0 Å². The molecular formula is C16H14N4O2. The Morgan fingerprint density at radius 1 is 1.18 bits per heavy atom. The molecule has 6 nitrogen and oxygen atoms in total. The van der Waals surface area contributed by atoms with E-state index >= 15 is 0 Å². The van der Waals surface area contributed by atoms with E-state index in [4.69, 9.17) is 5.73 Å². The molecule has 3 aromatic rings. The van der Waals surface area contributed by atoms with Crippen LogP contribution in [0.1, 0.15) is 10.4 Å². The van der Waals surface area contributed by atoms with Gasteiger partial charge in [0, 0.05) is 12.4 Å². The Kier molecular flexibility index (Phi) is 3.34. The standard InChI is InChI=1S/C16H14N4O2/c1-18-14-12-7-6-9(8-13(12)19-16(17)20-14)10-4-2-3-5-11(10)15(21)22/h2-8H,1H3,(H,21,22)(H3,17,18,19,20). The molecule has 0 bridgehead atoms. The predicted octanol–water partition coefficient (Wildman–Crippen LogP) is 2.62. The topological polar surface area (TPSA) is 101 Å². The zero-order valence-corrected chi connectivity index (χ0v) is 11.9. The first-order valence-corrected chi connectivity index (χ1v) is 6.68. The minimum absolute atomic E-state index is 0.167. The summed E-state index contributed by atoms with van der Waals surface area (Å²) in [7, 11) is 1.76. The van der Waals surface area contributed by atoms with Crippen LogP contribution in [0, 0.1) is 0 Å². The maximum Gasteiger partial charge on any atom is 0.336 e. The summed E-state index contributed by atoms with van der Waals surface area (Å²) in [6.07, 6.45) is 0. The molecule has 0 aliphatic carbocycles. The highest BCUT2D eigenvalue weighted by molar-refractivity contribution is 5.98. The van der Waals surface area contributed by atoms with Crippen molar-refractivity contribution in [1.82, 2.24) is 9.97 Å². The summed E-state index contributed by atoms with van der Waals surface area (Å²) in [5, 5.41) is 13.1. The van der Waals surface area contributed by atoms with Crippen molar-refractivity contribution in [2.24, 2.45) is 0 Å². The molecule has 0 atom stereocenters. The fourth-order valence-corrected chi connectivity index (χ4v) is 2.43. The van der Waals surface area contributed by atoms with Gasteiger partial charge in [-0.2, -0.15) is 4.98 Å². The lowest BCUT2D eigenvalue weighted by Crippen LogP contribution is -2.02. The Labute approximate surface area is 126 Å². The number of rotatable bonds is 3. The number of nitrogens with zero attached hydrogens (tertiary/aromatic N) is 2. The van der Waals surface area contributed by atoms with E-state index in [1.54, 1.807) is 31.3 Å². The van der Waals surface area contributed by atoms with Gasteiger partial charge in [0.25, 0.3) is 0 Å². The average molecular weight is 294 g/mol. The largest absolute Gasteiger partial charge is 0.478 e. The Hall–Kier alpha value is -3.15. The lowest BCUT2D eigenvalue weighted by Gasteiger charge is -2.09. The molecule has 0 saturated heterocycles. The van der Waals surface area contributed by atoms with Crippen molar-refractivity contribution in [3.8, 4) is 11.1 Å². The van der Waals surface area contributed by atoms with Crippen LogP contribution < -0.4 is 11.1 Å². The Morgan fingerprint density at radius 2 is 1.95 bits per heavy atom. The second-order valence-corrected chi connectivity index (χ2v) is 4.76. The number of hydrogen-bond donors (Lipinski definition) is 3. The summed E-state index contributed by atoms with van der Waals surface area (Å²) < 4.78 is 0. The average Bonchev–Trinajstić information content (AvgIpc) is 2.53. The highest BCUT2D eigenvalue weighted by Crippen LogP contribution is 2.29. The fourth-order valence-electron chi connectivity index (χ4n) is 2.43. The van der Waals surface area contributed by atoms with Crippen LogP contribution >= 0.6 is 0 Å². The normalized spacial score (nSPS) is 10.6. The molecule has 1 heterocycles. The number of nitrogens with two attached hydrogens (primary N) is 1. The monoisotopic (exact) mass is 294 g/mol. The molecule has 0 aliphatic heterocycles. The second-order valence-electron chi connectivity index (χ2n) is 4.76. The lowest BCUT2D eigenvalue weighted by atomic mass is 9.98. The van der Waals surface area contributed by atoms with Crippen molar-refractivity contribution in [3.63, 3.8) is 0 Å². The van der Waals surface area contributed by atoms with Gasteiger partial charge in [-0.05, 0) is 29.3 Å². The minimum Gasteiger partial charge on any atom is -0.478 e. The number of benzene rings is 2. The molecule has 4 N–H and O–H groups in total. The van der Waals surface area contributed by atoms with E-state index in [0.717, 1.165) is 10.9 Å². The zero-order chi connectivity index (χ0) is 15.7. The fraction of sp³-hybridized carbons (Fsp3) is 0.0625. The zero-order valence-electron chi connectivity index (χ0n) is 11.9. The van der Waals surface area contributed by atoms with E-state index in [-0.39, 0.29) is 11.5 Å². The van der Waals surface area contributed by atoms with E-state index in [1.165, 1.54) is 0 Å². The Morgan fingerprint density at radius 3 is 2.68 bits per heavy atom. The third-order valence-corrected chi connectivity index (χ3v) is 3.42. The van der Waals surface area contributed by atoms with E-state index in [9.17, 15) is 9.90 Å². The Balaban J connectivity index is 2.24. The molecule has 0 fully saturated rings. The van der Waals surface area contributed by atoms with Crippen LogP contribution in [-0.2, 0) is 0 Å². The maximum atomic E-state index is 11.4. The summed E-state index contributed by atoms with van der Waals surface area (Å²) in [6.45, 7) is 0. The number of carboxylic acid groups (broad SMARTS) is 1. The number of fused-ring (bicyclic) bond motifs is 1. The van der Waals surface area contributed by atoms with Gasteiger partial charge in [0.1, 0.15) is 5.82 Å². The van der Waals surface area contributed by atoms with Gasteiger partial charge in [0.15, 0.2) is 0 Å². The molecule has 0 saturated carbocycles. The van der Waals surface area contributed by atoms with Gasteiger partial charge < -0.3 is 16.2 Å². The van der Waals surface area contributed by atoms with Crippen LogP contribution in [0.25, 0.3) is 22.0 Å². The van der Waals surface area contributed by atoms with Crippen LogP contribution in [0.15, 0.2) is 42.5 Å². The highest BCUT2D eigenvalue weighted by atomic mass is 16.4. The third kappa shape index (κ3) is 2.31. The molecule has 2 aromatic carbocycles. The molecule has 0 aliphatic rings. The molecule has 22 heavy (non-hydrogen) atoms. The molecule has 0 unspecified atom stereocenters. The van der Waals surface area contributed by atoms with Crippen molar-refractivity contribution in [2.45, 2.75) is 0 Å². The smallest absolute Gasteiger partial charge is 0.336 e. The van der Waals surface area contributed by atoms with Gasteiger partial charge >= 0.3 is 5.97 Å². The van der Waals surface area contributed by atoms with Gasteiger partial charge in [0.2, 0.25) is 5.95 Å². The number of carboxylic acids is 1. The van der Waals surface area contributed by atoms with Crippen LogP contribution in [0.3, 0.4) is 0 Å². The summed E-state index contributed by atoms with van der Waals surface area (Å²) in [6, 6.07) is 12.4. The highest BCUT2D eigenvalue weighted by Gasteiger charge is 2.12. The minimum atomic E-state index is -0.964. The molecule has 0 radical (unpaired) electrons. The third-order valence-electron chi connectivity index (χ3n) is 3.42. The molecule has 0 amide bonds. The number of carbonyl (C=O) groups is 1. The predicted molar refractivity (Wildman–Crippen MR) is 85.9 cm³/mol. The van der Waals surface area contributed by atoms with Crippen molar-refractivity contribution >= 4 is 28.6 Å². The number of anilines is 2. The summed E-state index contributed by atoms with van der Waals surface area (Å²) in [5.74, 6) is -0.157. The number of aromatic carboxylic acids is 1. The number of nitrogens with one attached hydrogen (secondary N) is 1. The van der Waals surface area contributed by atoms with E-state index in [0.29, 0.717) is 16.9 Å². The quantitative estimate of drug-likeness (QED) is 0.686. The lowest BCUT2D eigenvalue weighted by molar-refractivity contribution is 0.0697. The van der Waals surface area contributed by atoms with Gasteiger partial charge in [0.05, 0.1) is 11.1 Å². The SMILES string of the molecule is CNc1nc(N)nc2cc(-c3ccccc3C(=O)O)ccc12. The van der Waals surface area contributed by atoms with Crippen molar-refractivity contribution < 1.29 is 9.90 Å². The molecule has 110 valence electrons. The molecule has 6 heteroatoms. The maximum absolute atomic E-state index is 11.4. The van der Waals surface area contributed by atoms with Gasteiger partial charge in [-0.25, -0.2) is 9.78 Å². The van der Waals surface area contributed by atoms with Crippen molar-refractivity contribution in [2.75, 3.05) is 18.1 Å². The number of nitrogen functional groups attached to an aromatic ring is 1. The number of aromatic nitrogens is 2. The summed E-state index contributed by atoms with van der Waals surface area (Å²) in [5.41, 5.74) is 8.03. The van der Waals surface area contributed by atoms with Gasteiger partial charge in [-0.1, -0.05) is 24.3 Å². The molecule has 1 aromatic heterocycles. The van der Waals surface area contributed by atoms with Crippen LogP contribution in [0.2, 0.25) is 0 Å². The molecule has 0 spiro atoms. The van der Waals surface area contributed by atoms with Crippen LogP contribution in [-0.4, -0.2) is 28.1 Å².